The van der Waals surface area contributed by atoms with E-state index in [0.717, 1.165) is 17.3 Å². The monoisotopic (exact) mass is 360 g/mol. The number of ether oxygens (including phenoxy) is 1. The molecule has 1 saturated heterocycles. The molecule has 2 atom stereocenters. The summed E-state index contributed by atoms with van der Waals surface area (Å²) in [6.45, 7) is -0.0637. The maximum atomic E-state index is 13.6. The number of rotatable bonds is 6. The van der Waals surface area contributed by atoms with Gasteiger partial charge in [0, 0.05) is 5.56 Å². The summed E-state index contributed by atoms with van der Waals surface area (Å²) in [5.74, 6) is 0.0474. The van der Waals surface area contributed by atoms with Gasteiger partial charge in [-0.3, -0.25) is 9.59 Å². The van der Waals surface area contributed by atoms with E-state index < -0.39 is 11.9 Å². The van der Waals surface area contributed by atoms with Crippen molar-refractivity contribution in [1.82, 2.24) is 0 Å². The predicted octanol–water partition coefficient (Wildman–Crippen LogP) is 3.08. The average Bonchev–Trinajstić information content (AvgIpc) is 2.91. The number of carbonyl (C=O) groups excluding carboxylic acids is 2. The molecule has 1 N–H and O–H groups in total. The quantitative estimate of drug-likeness (QED) is 0.802. The number of benzene rings is 2. The molecule has 2 aromatic carbocycles. The summed E-state index contributed by atoms with van der Waals surface area (Å²) >= 11 is 1.10. The summed E-state index contributed by atoms with van der Waals surface area (Å²) in [5, 5.41) is 9.65. The van der Waals surface area contributed by atoms with Crippen LogP contribution in [0.3, 0.4) is 0 Å². The lowest BCUT2D eigenvalue weighted by atomic mass is 10.1. The van der Waals surface area contributed by atoms with Crippen LogP contribution in [0, 0.1) is 5.82 Å². The van der Waals surface area contributed by atoms with Gasteiger partial charge < -0.3 is 9.84 Å². The van der Waals surface area contributed by atoms with Gasteiger partial charge in [-0.1, -0.05) is 42.1 Å². The third kappa shape index (κ3) is 4.46. The Morgan fingerprint density at radius 2 is 1.88 bits per heavy atom. The summed E-state index contributed by atoms with van der Waals surface area (Å²) in [7, 11) is 0. The Morgan fingerprint density at radius 1 is 1.16 bits per heavy atom. The maximum Gasteiger partial charge on any atom is 0.197 e. The zero-order chi connectivity index (χ0) is 17.8. The normalized spacial score (nSPS) is 18.4. The molecule has 3 rings (SSSR count). The van der Waals surface area contributed by atoms with Crippen molar-refractivity contribution in [2.75, 3.05) is 6.61 Å². The minimum Gasteiger partial charge on any atom is -0.491 e. The zero-order valence-corrected chi connectivity index (χ0v) is 14.2. The SMILES string of the molecule is O=C1CC(=O)C(Cc2ccc(OC[C@H](O)c3ccccc3F)cc2)S1. The van der Waals surface area contributed by atoms with Crippen LogP contribution in [0.2, 0.25) is 0 Å². The second kappa shape index (κ2) is 7.80. The Hall–Kier alpha value is -2.18. The molecule has 1 aliphatic rings. The highest BCUT2D eigenvalue weighted by molar-refractivity contribution is 8.15. The number of halogens is 1. The van der Waals surface area contributed by atoms with Crippen LogP contribution in [0.15, 0.2) is 48.5 Å². The number of ketones is 1. The number of hydrogen-bond acceptors (Lipinski definition) is 5. The van der Waals surface area contributed by atoms with Crippen LogP contribution in [0.4, 0.5) is 4.39 Å². The van der Waals surface area contributed by atoms with Gasteiger partial charge in [-0.05, 0) is 30.2 Å². The minimum absolute atomic E-state index is 0.0183. The average molecular weight is 360 g/mol. The first-order chi connectivity index (χ1) is 12.0. The molecular formula is C19H17FO4S. The van der Waals surface area contributed by atoms with E-state index in [4.69, 9.17) is 4.74 Å². The Labute approximate surface area is 149 Å². The number of thioether (sulfide) groups is 1. The third-order valence-electron chi connectivity index (χ3n) is 3.97. The van der Waals surface area contributed by atoms with Gasteiger partial charge in [-0.15, -0.1) is 0 Å². The standard InChI is InChI=1S/C19H17FO4S/c20-15-4-2-1-3-14(15)17(22)11-24-13-7-5-12(6-8-13)9-18-16(21)10-19(23)25-18/h1-8,17-18,22H,9-11H2/t17-,18?/m0/s1. The largest absolute Gasteiger partial charge is 0.491 e. The summed E-state index contributed by atoms with van der Waals surface area (Å²) in [6, 6.07) is 13.1. The van der Waals surface area contributed by atoms with Crippen molar-refractivity contribution in [3.05, 3.63) is 65.5 Å². The molecule has 0 spiro atoms. The lowest BCUT2D eigenvalue weighted by molar-refractivity contribution is -0.121. The molecular weight excluding hydrogens is 343 g/mol. The van der Waals surface area contributed by atoms with Crippen molar-refractivity contribution in [3.63, 3.8) is 0 Å². The highest BCUT2D eigenvalue weighted by Gasteiger charge is 2.31. The van der Waals surface area contributed by atoms with Crippen molar-refractivity contribution in [2.45, 2.75) is 24.2 Å². The molecule has 2 aromatic rings. The lowest BCUT2D eigenvalue weighted by Crippen LogP contribution is -2.13. The van der Waals surface area contributed by atoms with E-state index in [0.29, 0.717) is 12.2 Å². The fourth-order valence-corrected chi connectivity index (χ4v) is 3.66. The minimum atomic E-state index is -1.06. The Bertz CT molecular complexity index is 775. The van der Waals surface area contributed by atoms with Gasteiger partial charge >= 0.3 is 0 Å². The Balaban J connectivity index is 1.55. The van der Waals surface area contributed by atoms with E-state index >= 15 is 0 Å². The molecule has 4 nitrogen and oxygen atoms in total. The molecule has 1 aliphatic heterocycles. The lowest BCUT2D eigenvalue weighted by Gasteiger charge is -2.14. The van der Waals surface area contributed by atoms with Crippen LogP contribution in [-0.2, 0) is 16.0 Å². The first-order valence-electron chi connectivity index (χ1n) is 7.89. The second-order valence-electron chi connectivity index (χ2n) is 5.82. The number of aliphatic hydroxyl groups excluding tert-OH is 1. The van der Waals surface area contributed by atoms with Crippen LogP contribution in [0.25, 0.3) is 0 Å². The smallest absolute Gasteiger partial charge is 0.197 e. The van der Waals surface area contributed by atoms with E-state index in [-0.39, 0.29) is 34.7 Å². The van der Waals surface area contributed by atoms with E-state index in [9.17, 15) is 19.1 Å². The molecule has 0 aromatic heterocycles. The van der Waals surface area contributed by atoms with Crippen LogP contribution in [-0.4, -0.2) is 27.9 Å². The van der Waals surface area contributed by atoms with Crippen molar-refractivity contribution in [2.24, 2.45) is 0 Å². The molecule has 0 saturated carbocycles. The van der Waals surface area contributed by atoms with E-state index in [2.05, 4.69) is 0 Å². The molecule has 0 aliphatic carbocycles. The fourth-order valence-electron chi connectivity index (χ4n) is 2.62. The molecule has 1 fully saturated rings. The van der Waals surface area contributed by atoms with Crippen LogP contribution < -0.4 is 4.74 Å². The molecule has 6 heteroatoms. The summed E-state index contributed by atoms with van der Waals surface area (Å²) < 4.78 is 19.1. The summed E-state index contributed by atoms with van der Waals surface area (Å²) in [6.07, 6.45) is -0.530. The highest BCUT2D eigenvalue weighted by atomic mass is 32.2. The topological polar surface area (TPSA) is 63.6 Å². The number of Topliss-reactive ketones (excluding diaryl/α,β-unsaturated/α-hetero) is 1. The summed E-state index contributed by atoms with van der Waals surface area (Å²) in [4.78, 5) is 22.9. The fraction of sp³-hybridized carbons (Fsp3) is 0.263. The Morgan fingerprint density at radius 3 is 2.52 bits per heavy atom. The van der Waals surface area contributed by atoms with Gasteiger partial charge in [0.25, 0.3) is 0 Å². The van der Waals surface area contributed by atoms with Crippen LogP contribution >= 0.6 is 11.8 Å². The van der Waals surface area contributed by atoms with Gasteiger partial charge in [0.2, 0.25) is 0 Å². The number of carbonyl (C=O) groups is 2. The first-order valence-corrected chi connectivity index (χ1v) is 8.77. The Kier molecular flexibility index (Phi) is 5.50. The van der Waals surface area contributed by atoms with Crippen molar-refractivity contribution < 1.29 is 23.8 Å². The van der Waals surface area contributed by atoms with Gasteiger partial charge in [0.15, 0.2) is 10.9 Å². The highest BCUT2D eigenvalue weighted by Crippen LogP contribution is 2.28. The van der Waals surface area contributed by atoms with E-state index in [1.807, 2.05) is 12.1 Å². The van der Waals surface area contributed by atoms with Crippen molar-refractivity contribution >= 4 is 22.7 Å². The maximum absolute atomic E-state index is 13.6. The molecule has 0 radical (unpaired) electrons. The van der Waals surface area contributed by atoms with E-state index in [1.165, 1.54) is 12.1 Å². The van der Waals surface area contributed by atoms with Crippen molar-refractivity contribution in [3.8, 4) is 5.75 Å². The molecule has 25 heavy (non-hydrogen) atoms. The van der Waals surface area contributed by atoms with Crippen LogP contribution in [0.1, 0.15) is 23.7 Å². The number of aliphatic hydroxyl groups is 1. The molecule has 130 valence electrons. The van der Waals surface area contributed by atoms with Gasteiger partial charge in [0.05, 0.1) is 11.7 Å². The van der Waals surface area contributed by atoms with Crippen molar-refractivity contribution in [1.29, 1.82) is 0 Å². The first kappa shape index (κ1) is 17.6. The number of hydrogen-bond donors (Lipinski definition) is 1. The molecule has 1 unspecified atom stereocenters. The third-order valence-corrected chi connectivity index (χ3v) is 5.09. The van der Waals surface area contributed by atoms with Gasteiger partial charge in [-0.25, -0.2) is 4.39 Å². The molecule has 0 amide bonds. The molecule has 0 bridgehead atoms. The predicted molar refractivity (Wildman–Crippen MR) is 93.0 cm³/mol. The second-order valence-corrected chi connectivity index (χ2v) is 7.08. The van der Waals surface area contributed by atoms with Gasteiger partial charge in [0.1, 0.15) is 24.3 Å². The van der Waals surface area contributed by atoms with E-state index in [1.54, 1.807) is 24.3 Å². The van der Waals surface area contributed by atoms with Gasteiger partial charge in [-0.2, -0.15) is 0 Å². The van der Waals surface area contributed by atoms with Crippen LogP contribution in [0.5, 0.6) is 5.75 Å². The summed E-state index contributed by atoms with van der Waals surface area (Å²) in [5.41, 5.74) is 1.13. The molecule has 1 heterocycles. The zero-order valence-electron chi connectivity index (χ0n) is 13.4.